The SMILES string of the molecule is CCNc1ccccc1.COc1ccc(C(C)N)cc1OC. The molecule has 0 bridgehead atoms. The molecule has 0 spiro atoms. The van der Waals surface area contributed by atoms with E-state index in [4.69, 9.17) is 15.2 Å². The number of anilines is 1. The molecule has 0 fully saturated rings. The molecule has 0 radical (unpaired) electrons. The van der Waals surface area contributed by atoms with Crippen molar-refractivity contribution in [1.82, 2.24) is 0 Å². The van der Waals surface area contributed by atoms with E-state index in [0.29, 0.717) is 0 Å². The molecule has 4 nitrogen and oxygen atoms in total. The lowest BCUT2D eigenvalue weighted by molar-refractivity contribution is 0.354. The van der Waals surface area contributed by atoms with Crippen LogP contribution in [0.25, 0.3) is 0 Å². The minimum Gasteiger partial charge on any atom is -0.493 e. The third kappa shape index (κ3) is 5.66. The highest BCUT2D eigenvalue weighted by molar-refractivity contribution is 5.43. The van der Waals surface area contributed by atoms with E-state index in [9.17, 15) is 0 Å². The van der Waals surface area contributed by atoms with E-state index in [0.717, 1.165) is 23.6 Å². The molecule has 0 heterocycles. The molecule has 0 aliphatic carbocycles. The van der Waals surface area contributed by atoms with E-state index in [-0.39, 0.29) is 6.04 Å². The Morgan fingerprint density at radius 1 is 1.00 bits per heavy atom. The first-order valence-corrected chi connectivity index (χ1v) is 7.38. The zero-order valence-corrected chi connectivity index (χ0v) is 13.8. The van der Waals surface area contributed by atoms with Crippen LogP contribution in [0.3, 0.4) is 0 Å². The van der Waals surface area contributed by atoms with Crippen molar-refractivity contribution in [2.45, 2.75) is 19.9 Å². The maximum atomic E-state index is 5.73. The molecule has 0 aliphatic rings. The third-order valence-corrected chi connectivity index (χ3v) is 3.09. The lowest BCUT2D eigenvalue weighted by Crippen LogP contribution is -2.05. The second-order valence-corrected chi connectivity index (χ2v) is 4.80. The van der Waals surface area contributed by atoms with Gasteiger partial charge < -0.3 is 20.5 Å². The van der Waals surface area contributed by atoms with E-state index < -0.39 is 0 Å². The van der Waals surface area contributed by atoms with Gasteiger partial charge in [0.15, 0.2) is 11.5 Å². The highest BCUT2D eigenvalue weighted by atomic mass is 16.5. The maximum Gasteiger partial charge on any atom is 0.161 e. The van der Waals surface area contributed by atoms with E-state index in [1.807, 2.05) is 43.3 Å². The van der Waals surface area contributed by atoms with Crippen LogP contribution in [0, 0.1) is 0 Å². The van der Waals surface area contributed by atoms with Crippen molar-refractivity contribution in [2.24, 2.45) is 5.73 Å². The normalized spacial score (nSPS) is 11.0. The molecule has 0 saturated carbocycles. The number of hydrogen-bond acceptors (Lipinski definition) is 4. The van der Waals surface area contributed by atoms with E-state index >= 15 is 0 Å². The van der Waals surface area contributed by atoms with Gasteiger partial charge in [0.05, 0.1) is 14.2 Å². The zero-order chi connectivity index (χ0) is 16.4. The number of benzene rings is 2. The Kier molecular flexibility index (Phi) is 7.86. The first-order valence-electron chi connectivity index (χ1n) is 7.38. The number of rotatable bonds is 5. The van der Waals surface area contributed by atoms with Gasteiger partial charge in [0.25, 0.3) is 0 Å². The van der Waals surface area contributed by atoms with Crippen LogP contribution in [0.2, 0.25) is 0 Å². The minimum absolute atomic E-state index is 0.0137. The van der Waals surface area contributed by atoms with Crippen LogP contribution >= 0.6 is 0 Å². The van der Waals surface area contributed by atoms with Gasteiger partial charge in [-0.15, -0.1) is 0 Å². The number of methoxy groups -OCH3 is 2. The third-order valence-electron chi connectivity index (χ3n) is 3.09. The van der Waals surface area contributed by atoms with Gasteiger partial charge in [-0.1, -0.05) is 24.3 Å². The quantitative estimate of drug-likeness (QED) is 0.881. The molecule has 0 aliphatic heterocycles. The Balaban J connectivity index is 0.000000235. The number of nitrogens with one attached hydrogen (secondary N) is 1. The number of para-hydroxylation sites is 1. The Morgan fingerprint density at radius 2 is 1.64 bits per heavy atom. The van der Waals surface area contributed by atoms with Crippen molar-refractivity contribution < 1.29 is 9.47 Å². The lowest BCUT2D eigenvalue weighted by atomic mass is 10.1. The summed E-state index contributed by atoms with van der Waals surface area (Å²) in [6.45, 7) is 5.01. The Morgan fingerprint density at radius 3 is 2.14 bits per heavy atom. The zero-order valence-electron chi connectivity index (χ0n) is 13.8. The first kappa shape index (κ1) is 17.9. The highest BCUT2D eigenvalue weighted by Gasteiger charge is 2.06. The molecular weight excluding hydrogens is 276 g/mol. The molecule has 0 aromatic heterocycles. The smallest absolute Gasteiger partial charge is 0.161 e. The molecule has 3 N–H and O–H groups in total. The average Bonchev–Trinajstić information content (AvgIpc) is 2.56. The molecular formula is C18H26N2O2. The van der Waals surface area contributed by atoms with Crippen LogP contribution in [-0.2, 0) is 0 Å². The van der Waals surface area contributed by atoms with Gasteiger partial charge in [-0.2, -0.15) is 0 Å². The predicted molar refractivity (Wildman–Crippen MR) is 92.8 cm³/mol. The second-order valence-electron chi connectivity index (χ2n) is 4.80. The first-order chi connectivity index (χ1) is 10.6. The summed E-state index contributed by atoms with van der Waals surface area (Å²) in [5.74, 6) is 1.45. The highest BCUT2D eigenvalue weighted by Crippen LogP contribution is 2.29. The van der Waals surface area contributed by atoms with Crippen molar-refractivity contribution in [3.8, 4) is 11.5 Å². The Labute approximate surface area is 133 Å². The van der Waals surface area contributed by atoms with E-state index in [1.54, 1.807) is 14.2 Å². The summed E-state index contributed by atoms with van der Waals surface area (Å²) in [6.07, 6.45) is 0. The lowest BCUT2D eigenvalue weighted by Gasteiger charge is -2.11. The topological polar surface area (TPSA) is 56.5 Å². The summed E-state index contributed by atoms with van der Waals surface area (Å²) < 4.78 is 10.3. The van der Waals surface area contributed by atoms with Crippen LogP contribution in [0.4, 0.5) is 5.69 Å². The molecule has 0 saturated heterocycles. The fourth-order valence-electron chi connectivity index (χ4n) is 1.90. The van der Waals surface area contributed by atoms with Crippen molar-refractivity contribution in [2.75, 3.05) is 26.1 Å². The summed E-state index contributed by atoms with van der Waals surface area (Å²) in [5, 5.41) is 3.21. The molecule has 120 valence electrons. The molecule has 22 heavy (non-hydrogen) atoms. The van der Waals surface area contributed by atoms with Crippen LogP contribution < -0.4 is 20.5 Å². The van der Waals surface area contributed by atoms with Gasteiger partial charge in [0.1, 0.15) is 0 Å². The van der Waals surface area contributed by atoms with Crippen LogP contribution in [-0.4, -0.2) is 20.8 Å². The summed E-state index contributed by atoms with van der Waals surface area (Å²) in [4.78, 5) is 0. The molecule has 0 amide bonds. The standard InChI is InChI=1S/C10H15NO2.C8H11N/c1-7(11)8-4-5-9(12-2)10(6-8)13-3;1-2-9-8-6-4-3-5-7-8/h4-7H,11H2,1-3H3;3-7,9H,2H2,1H3. The molecule has 2 aromatic rings. The van der Waals surface area contributed by atoms with Crippen LogP contribution in [0.5, 0.6) is 11.5 Å². The van der Waals surface area contributed by atoms with Crippen molar-refractivity contribution in [3.63, 3.8) is 0 Å². The minimum atomic E-state index is 0.0137. The largest absolute Gasteiger partial charge is 0.493 e. The van der Waals surface area contributed by atoms with Crippen molar-refractivity contribution in [1.29, 1.82) is 0 Å². The van der Waals surface area contributed by atoms with Gasteiger partial charge in [-0.25, -0.2) is 0 Å². The molecule has 1 atom stereocenters. The summed E-state index contributed by atoms with van der Waals surface area (Å²) in [7, 11) is 3.23. The molecule has 1 unspecified atom stereocenters. The van der Waals surface area contributed by atoms with Gasteiger partial charge in [-0.05, 0) is 43.7 Å². The van der Waals surface area contributed by atoms with Gasteiger partial charge >= 0.3 is 0 Å². The van der Waals surface area contributed by atoms with Crippen molar-refractivity contribution >= 4 is 5.69 Å². The van der Waals surface area contributed by atoms with Gasteiger partial charge in [-0.3, -0.25) is 0 Å². The van der Waals surface area contributed by atoms with Crippen LogP contribution in [0.15, 0.2) is 48.5 Å². The predicted octanol–water partition coefficient (Wildman–Crippen LogP) is 3.84. The summed E-state index contributed by atoms with van der Waals surface area (Å²) >= 11 is 0. The van der Waals surface area contributed by atoms with Gasteiger partial charge in [0, 0.05) is 18.3 Å². The van der Waals surface area contributed by atoms with E-state index in [1.165, 1.54) is 5.69 Å². The maximum absolute atomic E-state index is 5.73. The second kappa shape index (κ2) is 9.68. The molecule has 2 aromatic carbocycles. The molecule has 4 heteroatoms. The van der Waals surface area contributed by atoms with E-state index in [2.05, 4.69) is 24.4 Å². The monoisotopic (exact) mass is 302 g/mol. The molecule has 2 rings (SSSR count). The summed E-state index contributed by atoms with van der Waals surface area (Å²) in [5.41, 5.74) is 7.97. The van der Waals surface area contributed by atoms with Crippen molar-refractivity contribution in [3.05, 3.63) is 54.1 Å². The Hall–Kier alpha value is -2.20. The van der Waals surface area contributed by atoms with Gasteiger partial charge in [0.2, 0.25) is 0 Å². The number of ether oxygens (including phenoxy) is 2. The fourth-order valence-corrected chi connectivity index (χ4v) is 1.90. The van der Waals surface area contributed by atoms with Crippen LogP contribution in [0.1, 0.15) is 25.5 Å². The summed E-state index contributed by atoms with van der Waals surface area (Å²) in [6, 6.07) is 15.9. The Bertz CT molecular complexity index is 542. The average molecular weight is 302 g/mol. The number of nitrogens with two attached hydrogens (primary N) is 1. The fraction of sp³-hybridized carbons (Fsp3) is 0.333. The number of hydrogen-bond donors (Lipinski definition) is 2.